The van der Waals surface area contributed by atoms with Gasteiger partial charge in [-0.15, -0.1) is 11.3 Å². The first-order valence-electron chi connectivity index (χ1n) is 17.5. The predicted octanol–water partition coefficient (Wildman–Crippen LogP) is 5.08. The normalized spacial score (nSPS) is 18.1. The number of hydrogen-bond donors (Lipinski definition) is 2. The minimum absolute atomic E-state index is 0.00233. The molecule has 2 saturated heterocycles. The van der Waals surface area contributed by atoms with E-state index in [2.05, 4.69) is 66.4 Å². The molecular weight excluding hydrogens is 700 g/mol. The molecule has 6 rings (SSSR count). The fourth-order valence-electron chi connectivity index (χ4n) is 7.24. The number of nitrogens with one attached hydrogen (secondary N) is 2. The van der Waals surface area contributed by atoms with Crippen LogP contribution in [0.3, 0.4) is 0 Å². The van der Waals surface area contributed by atoms with Crippen LogP contribution in [0.25, 0.3) is 21.1 Å². The Bertz CT molecular complexity index is 2010. The van der Waals surface area contributed by atoms with Crippen molar-refractivity contribution >= 4 is 48.3 Å². The van der Waals surface area contributed by atoms with Crippen LogP contribution in [0.1, 0.15) is 54.2 Å². The Kier molecular flexibility index (Phi) is 11.3. The first-order valence-corrected chi connectivity index (χ1v) is 20.0. The van der Waals surface area contributed by atoms with Crippen molar-refractivity contribution in [2.75, 3.05) is 57.5 Å². The molecule has 4 aromatic rings. The van der Waals surface area contributed by atoms with Crippen molar-refractivity contribution in [3.8, 4) is 6.07 Å². The summed E-state index contributed by atoms with van der Waals surface area (Å²) < 4.78 is 67.8. The van der Waals surface area contributed by atoms with E-state index in [4.69, 9.17) is 0 Å². The van der Waals surface area contributed by atoms with Crippen LogP contribution < -0.4 is 10.0 Å². The number of alkyl halides is 3. The Hall–Kier alpha value is -3.33. The molecule has 2 N–H and O–H groups in total. The van der Waals surface area contributed by atoms with Crippen LogP contribution in [0.2, 0.25) is 0 Å². The molecule has 0 unspecified atom stereocenters. The number of rotatable bonds is 12. The summed E-state index contributed by atoms with van der Waals surface area (Å²) in [5.41, 5.74) is 4.05. The summed E-state index contributed by atoms with van der Waals surface area (Å²) in [5, 5.41) is 15.4. The first kappa shape index (κ1) is 37.4. The van der Waals surface area contributed by atoms with Gasteiger partial charge in [0.25, 0.3) is 0 Å². The Morgan fingerprint density at radius 2 is 1.78 bits per heavy atom. The second-order valence-corrected chi connectivity index (χ2v) is 16.8. The third kappa shape index (κ3) is 8.83. The van der Waals surface area contributed by atoms with Crippen LogP contribution in [0.15, 0.2) is 24.3 Å². The number of halogens is 3. The van der Waals surface area contributed by atoms with Crippen molar-refractivity contribution in [2.24, 2.45) is 0 Å². The van der Waals surface area contributed by atoms with Gasteiger partial charge in [0.05, 0.1) is 11.8 Å². The molecule has 0 saturated carbocycles. The second-order valence-electron chi connectivity index (χ2n) is 13.7. The third-order valence-corrected chi connectivity index (χ3v) is 12.6. The van der Waals surface area contributed by atoms with Gasteiger partial charge in [-0.05, 0) is 63.1 Å². The van der Waals surface area contributed by atoms with E-state index in [0.717, 1.165) is 73.4 Å². The molecule has 1 atom stereocenters. The highest BCUT2D eigenvalue weighted by atomic mass is 32.2. The minimum Gasteiger partial charge on any atom is -0.367 e. The molecule has 0 aliphatic carbocycles. The zero-order chi connectivity index (χ0) is 36.5. The van der Waals surface area contributed by atoms with Crippen molar-refractivity contribution in [1.29, 1.82) is 5.26 Å². The van der Waals surface area contributed by atoms with Gasteiger partial charge in [-0.1, -0.05) is 13.0 Å². The number of aryl methyl sites for hydroxylation is 2. The number of benzene rings is 1. The molecule has 5 heterocycles. The number of nitrogens with zero attached hydrogens (tertiary/aromatic N) is 7. The number of nitriles is 1. The van der Waals surface area contributed by atoms with E-state index in [1.54, 1.807) is 6.07 Å². The average molecular weight is 746 g/mol. The highest BCUT2D eigenvalue weighted by Crippen LogP contribution is 2.34. The maximum Gasteiger partial charge on any atom is 0.393 e. The van der Waals surface area contributed by atoms with Crippen LogP contribution in [0.5, 0.6) is 0 Å². The highest BCUT2D eigenvalue weighted by Gasteiger charge is 2.30. The molecule has 0 bridgehead atoms. The summed E-state index contributed by atoms with van der Waals surface area (Å²) in [6, 6.07) is 10.6. The minimum atomic E-state index is -4.27. The zero-order valence-electron chi connectivity index (χ0n) is 29.6. The Balaban J connectivity index is 1.08. The predicted molar refractivity (Wildman–Crippen MR) is 195 cm³/mol. The van der Waals surface area contributed by atoms with Crippen molar-refractivity contribution in [1.82, 2.24) is 34.0 Å². The van der Waals surface area contributed by atoms with Gasteiger partial charge in [0.15, 0.2) is 0 Å². The van der Waals surface area contributed by atoms with E-state index in [1.807, 2.05) is 17.9 Å². The van der Waals surface area contributed by atoms with Crippen LogP contribution >= 0.6 is 11.3 Å². The third-order valence-electron chi connectivity index (χ3n) is 10.2. The summed E-state index contributed by atoms with van der Waals surface area (Å²) >= 11 is 1.09. The zero-order valence-corrected chi connectivity index (χ0v) is 31.2. The molecule has 1 aromatic carbocycles. The SMILES string of the molecule is CCc1nc(NC2CCN(Cc3ccc4c(cc(C#N)n4C[C@H](C)N4CCN(CS(=O)(=O)NC)CC4)c3C)CC2)c2cc(CC(F)(F)F)sc2n1. The molecule has 3 aromatic heterocycles. The molecule has 276 valence electrons. The van der Waals surface area contributed by atoms with Gasteiger partial charge in [0, 0.05) is 86.6 Å². The van der Waals surface area contributed by atoms with Crippen molar-refractivity contribution in [2.45, 2.75) is 77.8 Å². The second kappa shape index (κ2) is 15.3. The number of hydrogen-bond acceptors (Lipinski definition) is 10. The van der Waals surface area contributed by atoms with E-state index < -0.39 is 22.6 Å². The van der Waals surface area contributed by atoms with Gasteiger partial charge < -0.3 is 9.88 Å². The Morgan fingerprint density at radius 3 is 2.43 bits per heavy atom. The number of piperidine rings is 1. The number of sulfonamides is 1. The lowest BCUT2D eigenvalue weighted by atomic mass is 10.0. The largest absolute Gasteiger partial charge is 0.393 e. The molecule has 0 spiro atoms. The fraction of sp³-hybridized carbons (Fsp3) is 0.571. The van der Waals surface area contributed by atoms with E-state index in [9.17, 15) is 26.9 Å². The molecule has 0 amide bonds. The molecule has 11 nitrogen and oxygen atoms in total. The standard InChI is InChI=1S/C35H46F3N9O2S2/c1-5-32-42-33(30-17-28(18-35(36,37)38)50-34(30)43-32)41-26-8-10-44(11-9-26)21-25-6-7-31-29(24(25)3)16-27(19-39)47(31)20-23(2)46-14-12-45(13-15-46)22-51(48,49)40-4/h6-7,16-17,23,26,40H,5,8-15,18,20-22H2,1-4H3,(H,41,42,43)/t23-/m0/s1. The van der Waals surface area contributed by atoms with E-state index in [0.29, 0.717) is 53.6 Å². The number of aromatic nitrogens is 3. The van der Waals surface area contributed by atoms with E-state index >= 15 is 0 Å². The molecule has 0 radical (unpaired) electrons. The molecular formula is C35H46F3N9O2S2. The van der Waals surface area contributed by atoms with Gasteiger partial charge in [-0.2, -0.15) is 18.4 Å². The maximum absolute atomic E-state index is 13.1. The quantitative estimate of drug-likeness (QED) is 0.205. The van der Waals surface area contributed by atoms with E-state index in [1.165, 1.54) is 12.6 Å². The smallest absolute Gasteiger partial charge is 0.367 e. The number of anilines is 1. The topological polar surface area (TPSA) is 122 Å². The Labute approximate surface area is 301 Å². The van der Waals surface area contributed by atoms with Crippen molar-refractivity contribution in [3.05, 3.63) is 51.8 Å². The summed E-state index contributed by atoms with van der Waals surface area (Å²) in [6.45, 7) is 12.3. The van der Waals surface area contributed by atoms with Crippen molar-refractivity contribution < 1.29 is 21.6 Å². The number of likely N-dealkylation sites (tertiary alicyclic amines) is 1. The summed E-state index contributed by atoms with van der Waals surface area (Å²) in [4.78, 5) is 16.7. The van der Waals surface area contributed by atoms with Crippen LogP contribution in [0, 0.1) is 18.3 Å². The van der Waals surface area contributed by atoms with Gasteiger partial charge in [0.2, 0.25) is 10.0 Å². The fourth-order valence-corrected chi connectivity index (χ4v) is 9.18. The summed E-state index contributed by atoms with van der Waals surface area (Å²) in [6.07, 6.45) is -2.89. The highest BCUT2D eigenvalue weighted by molar-refractivity contribution is 7.89. The number of piperazine rings is 1. The van der Waals surface area contributed by atoms with Gasteiger partial charge >= 0.3 is 6.18 Å². The van der Waals surface area contributed by atoms with Crippen LogP contribution in [-0.4, -0.2) is 108 Å². The summed E-state index contributed by atoms with van der Waals surface area (Å²) in [5.74, 6) is 1.24. The van der Waals surface area contributed by atoms with Gasteiger partial charge in [-0.25, -0.2) is 23.1 Å². The van der Waals surface area contributed by atoms with Crippen LogP contribution in [0.4, 0.5) is 19.0 Å². The molecule has 2 aliphatic rings. The van der Waals surface area contributed by atoms with Gasteiger partial charge in [0.1, 0.15) is 34.1 Å². The lowest BCUT2D eigenvalue weighted by molar-refractivity contribution is -0.126. The molecule has 16 heteroatoms. The Morgan fingerprint density at radius 1 is 1.06 bits per heavy atom. The first-order chi connectivity index (χ1) is 24.3. The number of fused-ring (bicyclic) bond motifs is 2. The number of thiophene rings is 1. The average Bonchev–Trinajstić information content (AvgIpc) is 3.66. The van der Waals surface area contributed by atoms with E-state index in [-0.39, 0.29) is 22.8 Å². The van der Waals surface area contributed by atoms with Crippen molar-refractivity contribution in [3.63, 3.8) is 0 Å². The molecule has 2 aliphatic heterocycles. The molecule has 2 fully saturated rings. The molecule has 51 heavy (non-hydrogen) atoms. The maximum atomic E-state index is 13.1. The lowest BCUT2D eigenvalue weighted by Gasteiger charge is -2.38. The summed E-state index contributed by atoms with van der Waals surface area (Å²) in [7, 11) is -1.86. The van der Waals surface area contributed by atoms with Crippen LogP contribution in [-0.2, 0) is 36.0 Å². The lowest BCUT2D eigenvalue weighted by Crippen LogP contribution is -2.52. The monoisotopic (exact) mass is 745 g/mol. The van der Waals surface area contributed by atoms with Gasteiger partial charge in [-0.3, -0.25) is 14.7 Å².